The van der Waals surface area contributed by atoms with Gasteiger partial charge in [-0.05, 0) is 79.1 Å². The van der Waals surface area contributed by atoms with Crippen LogP contribution in [0.5, 0.6) is 0 Å². The van der Waals surface area contributed by atoms with Crippen LogP contribution in [0.3, 0.4) is 0 Å². The van der Waals surface area contributed by atoms with E-state index < -0.39 is 0 Å². The van der Waals surface area contributed by atoms with Crippen LogP contribution in [0.2, 0.25) is 0 Å². The second kappa shape index (κ2) is 19.7. The van der Waals surface area contributed by atoms with Gasteiger partial charge in [0.05, 0.1) is 0 Å². The van der Waals surface area contributed by atoms with Gasteiger partial charge in [-0.25, -0.2) is 5.57 Å². The molecule has 4 fully saturated rings. The Morgan fingerprint density at radius 3 is 1.76 bits per heavy atom. The van der Waals surface area contributed by atoms with E-state index in [-0.39, 0.29) is 35.6 Å². The fourth-order valence-corrected chi connectivity index (χ4v) is 9.33. The molecular weight excluding hydrogens is 739 g/mol. The van der Waals surface area contributed by atoms with E-state index in [0.717, 1.165) is 24.2 Å². The summed E-state index contributed by atoms with van der Waals surface area (Å²) in [5.74, 6) is 3.82. The van der Waals surface area contributed by atoms with Crippen molar-refractivity contribution in [3.63, 3.8) is 0 Å². The van der Waals surface area contributed by atoms with Gasteiger partial charge >= 0.3 is 28.4 Å². The minimum atomic E-state index is 0. The Hall–Kier alpha value is -1.53. The molecule has 0 N–H and O–H groups in total. The maximum Gasteiger partial charge on any atom is -0.171 e. The van der Waals surface area contributed by atoms with Gasteiger partial charge in [-0.2, -0.15) is 84.3 Å². The Morgan fingerprint density at radius 1 is 0.804 bits per heavy atom. The normalized spacial score (nSPS) is 24.3. The van der Waals surface area contributed by atoms with Crippen LogP contribution in [0.15, 0.2) is 77.9 Å². The van der Waals surface area contributed by atoms with Crippen molar-refractivity contribution in [3.05, 3.63) is 125 Å². The van der Waals surface area contributed by atoms with Crippen molar-refractivity contribution in [3.8, 4) is 11.1 Å². The molecule has 9 rings (SSSR count). The van der Waals surface area contributed by atoms with Crippen LogP contribution < -0.4 is 0 Å². The summed E-state index contributed by atoms with van der Waals surface area (Å²) in [6, 6.07) is 27.6. The maximum atomic E-state index is 3.57. The molecule has 0 heterocycles. The molecule has 3 aromatic rings. The standard InChI is InChI=1S/C21H25.C18H25.C6H5.C2H5.CH2.2ClH.Zr/c1-20(2,3)16-9-7-14-11-15-8-10-17(21(4,5)6)13-19(15)18(14)12-16;1-12-3-13(2)17(4-12)11-18-8-14-5-15(9-18)7-16(6-14)10-18;1-2-4-6-5-3-1;1-2;;;;/h7,9-10,12-13H,11H2,1-6H3;4,12,14-16H,5-11H2,1-2H3;1-5H;1H2,2H3;1H2;2*1H;/q4*-1;;;;. The Morgan fingerprint density at radius 2 is 1.33 bits per heavy atom. The molecular formula is C48H64Cl2Zr-4. The van der Waals surface area contributed by atoms with Gasteiger partial charge < -0.3 is 6.92 Å². The molecule has 0 nitrogen and oxygen atoms in total. The summed E-state index contributed by atoms with van der Waals surface area (Å²) in [5, 5.41) is 0. The predicted octanol–water partition coefficient (Wildman–Crippen LogP) is 13.7. The third-order valence-corrected chi connectivity index (χ3v) is 11.2. The molecule has 3 heteroatoms. The third kappa shape index (κ3) is 11.7. The second-order valence-electron chi connectivity index (χ2n) is 17.3. The summed E-state index contributed by atoms with van der Waals surface area (Å²) >= 11 is 1.30. The van der Waals surface area contributed by atoms with Crippen molar-refractivity contribution < 1.29 is 24.2 Å². The molecule has 3 aromatic carbocycles. The van der Waals surface area contributed by atoms with Crippen LogP contribution in [-0.2, 0) is 41.5 Å². The third-order valence-electron chi connectivity index (χ3n) is 11.2. The van der Waals surface area contributed by atoms with Crippen LogP contribution in [0, 0.1) is 54.2 Å². The number of halogens is 2. The van der Waals surface area contributed by atoms with Crippen LogP contribution in [0.1, 0.15) is 130 Å². The summed E-state index contributed by atoms with van der Waals surface area (Å²) in [6.45, 7) is 23.2. The number of hydrogen-bond acceptors (Lipinski definition) is 0. The van der Waals surface area contributed by atoms with Crippen LogP contribution in [-0.4, -0.2) is 4.21 Å². The smallest absolute Gasteiger partial charge is 0.171 e. The van der Waals surface area contributed by atoms with E-state index >= 15 is 0 Å². The predicted molar refractivity (Wildman–Crippen MR) is 224 cm³/mol. The van der Waals surface area contributed by atoms with Gasteiger partial charge in [-0.15, -0.1) is 30.4 Å². The molecule has 0 saturated heterocycles. The Kier molecular flexibility index (Phi) is 17.6. The average Bonchev–Trinajstić information content (AvgIpc) is 3.59. The van der Waals surface area contributed by atoms with Gasteiger partial charge in [-0.1, -0.05) is 102 Å². The molecule has 0 aliphatic heterocycles. The molecule has 0 radical (unpaired) electrons. The summed E-state index contributed by atoms with van der Waals surface area (Å²) in [4.78, 5) is 0. The first-order valence-corrected chi connectivity index (χ1v) is 20.5. The van der Waals surface area contributed by atoms with E-state index in [2.05, 4.69) is 121 Å². The van der Waals surface area contributed by atoms with E-state index in [0.29, 0.717) is 11.3 Å². The van der Waals surface area contributed by atoms with E-state index in [1.165, 1.54) is 69.6 Å². The number of allylic oxidation sites excluding steroid dienone is 4. The van der Waals surface area contributed by atoms with Crippen molar-refractivity contribution in [2.24, 2.45) is 29.1 Å². The summed E-state index contributed by atoms with van der Waals surface area (Å²) in [7, 11) is 0. The molecule has 1 unspecified atom stereocenters. The number of benzene rings is 3. The fraction of sp³-hybridized carbons (Fsp3) is 0.500. The molecule has 4 bridgehead atoms. The van der Waals surface area contributed by atoms with Crippen molar-refractivity contribution in [2.75, 3.05) is 0 Å². The summed E-state index contributed by atoms with van der Waals surface area (Å²) in [5.41, 5.74) is 12.6. The van der Waals surface area contributed by atoms with E-state index in [4.69, 9.17) is 0 Å². The Bertz CT molecular complexity index is 1460. The van der Waals surface area contributed by atoms with Gasteiger partial charge in [0.1, 0.15) is 0 Å². The molecule has 0 aromatic heterocycles. The second-order valence-corrected chi connectivity index (χ2v) is 17.3. The SMILES string of the molecule is CC(C)(C)c1c[c-]c2c(c1)-c1cc(C(C)(C)C)ccc1C2.CC1=[C-]C(C)C=C1CC12CC3CC(CC(C3)C1)C2.Cl.Cl.[CH2-]C.[CH2]=[Zr].[c-]1ccccc1. The zero-order chi connectivity index (χ0) is 36.0. The Balaban J connectivity index is 0.000000273. The molecule has 6 aliphatic rings. The molecule has 278 valence electrons. The van der Waals surface area contributed by atoms with Crippen molar-refractivity contribution in [1.82, 2.24) is 0 Å². The van der Waals surface area contributed by atoms with Gasteiger partial charge in [0, 0.05) is 0 Å². The van der Waals surface area contributed by atoms with Gasteiger partial charge in [0.2, 0.25) is 0 Å². The van der Waals surface area contributed by atoms with Crippen LogP contribution in [0.4, 0.5) is 0 Å². The monoisotopic (exact) mass is 800 g/mol. The van der Waals surface area contributed by atoms with E-state index in [1.807, 2.05) is 30.3 Å². The summed E-state index contributed by atoms with van der Waals surface area (Å²) < 4.78 is 3.34. The zero-order valence-corrected chi connectivity index (χ0v) is 37.1. The first-order chi connectivity index (χ1) is 23.3. The van der Waals surface area contributed by atoms with Crippen molar-refractivity contribution in [2.45, 2.75) is 125 Å². The fourth-order valence-electron chi connectivity index (χ4n) is 9.33. The number of hydrogen-bond donors (Lipinski definition) is 0. The van der Waals surface area contributed by atoms with Crippen molar-refractivity contribution >= 4 is 29.0 Å². The minimum Gasteiger partial charge on any atom is -0.184 e. The number of rotatable bonds is 2. The zero-order valence-electron chi connectivity index (χ0n) is 33.0. The Labute approximate surface area is 340 Å². The number of fused-ring (bicyclic) bond motifs is 3. The largest absolute Gasteiger partial charge is 0.184 e. The van der Waals surface area contributed by atoms with Crippen molar-refractivity contribution in [1.29, 1.82) is 0 Å². The first kappa shape index (κ1) is 45.6. The van der Waals surface area contributed by atoms with Crippen LogP contribution in [0.25, 0.3) is 11.1 Å². The summed E-state index contributed by atoms with van der Waals surface area (Å²) in [6.07, 6.45) is 17.8. The molecule has 0 amide bonds. The molecule has 6 aliphatic carbocycles. The maximum absolute atomic E-state index is 3.57. The van der Waals surface area contributed by atoms with E-state index in [1.54, 1.807) is 51.0 Å². The molecule has 4 saturated carbocycles. The van der Waals surface area contributed by atoms with Gasteiger partial charge in [0.15, 0.2) is 0 Å². The topological polar surface area (TPSA) is 0 Å². The minimum absolute atomic E-state index is 0. The van der Waals surface area contributed by atoms with Gasteiger partial charge in [0.25, 0.3) is 0 Å². The molecule has 0 spiro atoms. The van der Waals surface area contributed by atoms with Crippen LogP contribution >= 0.6 is 24.8 Å². The molecule has 1 atom stereocenters. The van der Waals surface area contributed by atoms with Gasteiger partial charge in [-0.3, -0.25) is 6.08 Å². The van der Waals surface area contributed by atoms with E-state index in [9.17, 15) is 0 Å². The quantitative estimate of drug-likeness (QED) is 0.177. The average molecular weight is 803 g/mol. The first-order valence-electron chi connectivity index (χ1n) is 18.8. The molecule has 51 heavy (non-hydrogen) atoms.